The van der Waals surface area contributed by atoms with Gasteiger partial charge in [-0.15, -0.1) is 0 Å². The van der Waals surface area contributed by atoms with Gasteiger partial charge in [0, 0.05) is 17.2 Å². The standard InChI is InChI=1S/C25H19FO6/c1-29-18-8-10-22(30-2)16(11-18)12-24-25(28)20-9-7-19(13-23(20)32-24)31-14-21(27)15-3-5-17(26)6-4-15/h3-13H,14H2,1-2H3. The molecule has 0 fully saturated rings. The van der Waals surface area contributed by atoms with Gasteiger partial charge in [0.15, 0.2) is 18.1 Å². The molecule has 7 heteroatoms. The molecule has 0 spiro atoms. The first-order valence-electron chi connectivity index (χ1n) is 9.70. The number of methoxy groups -OCH3 is 2. The van der Waals surface area contributed by atoms with Gasteiger partial charge in [0.25, 0.3) is 0 Å². The first-order chi connectivity index (χ1) is 15.5. The highest BCUT2D eigenvalue weighted by Gasteiger charge is 2.28. The van der Waals surface area contributed by atoms with Gasteiger partial charge < -0.3 is 18.9 Å². The number of ketones is 2. The number of halogens is 1. The van der Waals surface area contributed by atoms with Crippen LogP contribution < -0.4 is 18.9 Å². The lowest BCUT2D eigenvalue weighted by Crippen LogP contribution is -2.11. The Morgan fingerprint density at radius 2 is 1.72 bits per heavy atom. The SMILES string of the molecule is COc1ccc(OC)c(C=C2Oc3cc(OCC(=O)c4ccc(F)cc4)ccc3C2=O)c1. The van der Waals surface area contributed by atoms with Crippen LogP contribution in [0.5, 0.6) is 23.0 Å². The van der Waals surface area contributed by atoms with Crippen molar-refractivity contribution in [2.75, 3.05) is 20.8 Å². The minimum Gasteiger partial charge on any atom is -0.497 e. The number of Topliss-reactive ketones (excluding diaryl/α,β-unsaturated/α-hetero) is 2. The summed E-state index contributed by atoms with van der Waals surface area (Å²) in [7, 11) is 3.08. The average molecular weight is 434 g/mol. The van der Waals surface area contributed by atoms with Crippen molar-refractivity contribution in [1.82, 2.24) is 0 Å². The van der Waals surface area contributed by atoms with Gasteiger partial charge in [-0.25, -0.2) is 4.39 Å². The molecule has 32 heavy (non-hydrogen) atoms. The van der Waals surface area contributed by atoms with E-state index in [-0.39, 0.29) is 23.9 Å². The Morgan fingerprint density at radius 1 is 0.969 bits per heavy atom. The van der Waals surface area contributed by atoms with Gasteiger partial charge in [-0.05, 0) is 60.7 Å². The molecule has 0 radical (unpaired) electrons. The van der Waals surface area contributed by atoms with Crippen molar-refractivity contribution in [3.8, 4) is 23.0 Å². The number of allylic oxidation sites excluding steroid dienone is 1. The van der Waals surface area contributed by atoms with E-state index in [1.807, 2.05) is 0 Å². The fraction of sp³-hybridized carbons (Fsp3) is 0.120. The van der Waals surface area contributed by atoms with Crippen molar-refractivity contribution >= 4 is 17.6 Å². The lowest BCUT2D eigenvalue weighted by atomic mass is 10.1. The minimum atomic E-state index is -0.418. The van der Waals surface area contributed by atoms with Gasteiger partial charge >= 0.3 is 0 Å². The maximum atomic E-state index is 13.0. The molecule has 0 aliphatic carbocycles. The third-order valence-corrected chi connectivity index (χ3v) is 4.90. The van der Waals surface area contributed by atoms with E-state index >= 15 is 0 Å². The predicted molar refractivity (Wildman–Crippen MR) is 115 cm³/mol. The van der Waals surface area contributed by atoms with E-state index in [2.05, 4.69) is 0 Å². The molecule has 3 aromatic rings. The smallest absolute Gasteiger partial charge is 0.231 e. The summed E-state index contributed by atoms with van der Waals surface area (Å²) in [6, 6.07) is 15.2. The lowest BCUT2D eigenvalue weighted by molar-refractivity contribution is 0.0920. The molecule has 1 aliphatic heterocycles. The van der Waals surface area contributed by atoms with Crippen molar-refractivity contribution in [1.29, 1.82) is 0 Å². The first-order valence-corrected chi connectivity index (χ1v) is 9.70. The Morgan fingerprint density at radius 3 is 2.44 bits per heavy atom. The second kappa shape index (κ2) is 8.93. The van der Waals surface area contributed by atoms with Crippen LogP contribution in [0.25, 0.3) is 6.08 Å². The molecule has 0 saturated heterocycles. The average Bonchev–Trinajstić information content (AvgIpc) is 3.12. The van der Waals surface area contributed by atoms with Crippen molar-refractivity contribution in [3.63, 3.8) is 0 Å². The van der Waals surface area contributed by atoms with Crippen LogP contribution in [0.3, 0.4) is 0 Å². The van der Waals surface area contributed by atoms with Crippen LogP contribution >= 0.6 is 0 Å². The van der Waals surface area contributed by atoms with E-state index in [4.69, 9.17) is 18.9 Å². The first kappa shape index (κ1) is 21.1. The van der Waals surface area contributed by atoms with Gasteiger partial charge in [0.1, 0.15) is 28.8 Å². The maximum Gasteiger partial charge on any atom is 0.231 e. The van der Waals surface area contributed by atoms with Crippen molar-refractivity contribution < 1.29 is 32.9 Å². The molecular formula is C25H19FO6. The van der Waals surface area contributed by atoms with Crippen LogP contribution in [0.15, 0.2) is 66.4 Å². The summed E-state index contributed by atoms with van der Waals surface area (Å²) in [5.74, 6) is 1.01. The Labute approximate surface area is 183 Å². The Hall–Kier alpha value is -4.13. The van der Waals surface area contributed by atoms with E-state index in [9.17, 15) is 14.0 Å². The fourth-order valence-electron chi connectivity index (χ4n) is 3.22. The summed E-state index contributed by atoms with van der Waals surface area (Å²) in [5.41, 5.74) is 1.36. The second-order valence-electron chi connectivity index (χ2n) is 6.92. The molecule has 0 saturated carbocycles. The number of fused-ring (bicyclic) bond motifs is 1. The Kier molecular flexibility index (Phi) is 5.89. The minimum absolute atomic E-state index is 0.131. The number of hydrogen-bond acceptors (Lipinski definition) is 6. The normalized spacial score (nSPS) is 13.5. The number of hydrogen-bond donors (Lipinski definition) is 0. The molecule has 1 aliphatic rings. The summed E-state index contributed by atoms with van der Waals surface area (Å²) < 4.78 is 34.9. The maximum absolute atomic E-state index is 13.0. The highest BCUT2D eigenvalue weighted by atomic mass is 19.1. The van der Waals surface area contributed by atoms with Crippen molar-refractivity contribution in [2.24, 2.45) is 0 Å². The topological polar surface area (TPSA) is 71.1 Å². The van der Waals surface area contributed by atoms with Gasteiger partial charge in [-0.3, -0.25) is 9.59 Å². The lowest BCUT2D eigenvalue weighted by Gasteiger charge is -2.08. The number of carbonyl (C=O) groups excluding carboxylic acids is 2. The van der Waals surface area contributed by atoms with Crippen LogP contribution in [0, 0.1) is 5.82 Å². The molecule has 4 rings (SSSR count). The quantitative estimate of drug-likeness (QED) is 0.396. The third kappa shape index (κ3) is 4.32. The molecule has 3 aromatic carbocycles. The monoisotopic (exact) mass is 434 g/mol. The van der Waals surface area contributed by atoms with Gasteiger partial charge in [-0.1, -0.05) is 0 Å². The van der Waals surface area contributed by atoms with Crippen LogP contribution in [-0.4, -0.2) is 32.4 Å². The molecule has 0 amide bonds. The van der Waals surface area contributed by atoms with Crippen LogP contribution in [-0.2, 0) is 0 Å². The number of carbonyl (C=O) groups is 2. The van der Waals surface area contributed by atoms with E-state index in [1.165, 1.54) is 31.4 Å². The Bertz CT molecular complexity index is 1210. The summed E-state index contributed by atoms with van der Waals surface area (Å²) in [4.78, 5) is 25.0. The van der Waals surface area contributed by atoms with E-state index in [0.717, 1.165) is 0 Å². The zero-order valence-corrected chi connectivity index (χ0v) is 17.4. The molecule has 6 nitrogen and oxygen atoms in total. The predicted octanol–water partition coefficient (Wildman–Crippen LogP) is 4.72. The zero-order valence-electron chi connectivity index (χ0n) is 17.4. The highest BCUT2D eigenvalue weighted by Crippen LogP contribution is 2.36. The molecular weight excluding hydrogens is 415 g/mol. The summed E-state index contributed by atoms with van der Waals surface area (Å²) in [6.07, 6.45) is 1.59. The summed E-state index contributed by atoms with van der Waals surface area (Å²) >= 11 is 0. The largest absolute Gasteiger partial charge is 0.497 e. The van der Waals surface area contributed by atoms with Crippen LogP contribution in [0.1, 0.15) is 26.3 Å². The van der Waals surface area contributed by atoms with E-state index < -0.39 is 5.82 Å². The molecule has 0 N–H and O–H groups in total. The molecule has 0 bridgehead atoms. The van der Waals surface area contributed by atoms with E-state index in [1.54, 1.807) is 49.6 Å². The zero-order chi connectivity index (χ0) is 22.7. The van der Waals surface area contributed by atoms with Crippen LogP contribution in [0.2, 0.25) is 0 Å². The third-order valence-electron chi connectivity index (χ3n) is 4.90. The molecule has 0 atom stereocenters. The Balaban J connectivity index is 1.50. The highest BCUT2D eigenvalue weighted by molar-refractivity contribution is 6.14. The molecule has 0 unspecified atom stereocenters. The fourth-order valence-corrected chi connectivity index (χ4v) is 3.22. The van der Waals surface area contributed by atoms with Gasteiger partial charge in [0.2, 0.25) is 5.78 Å². The van der Waals surface area contributed by atoms with Crippen LogP contribution in [0.4, 0.5) is 4.39 Å². The summed E-state index contributed by atoms with van der Waals surface area (Å²) in [6.45, 7) is -0.234. The molecule has 0 aromatic heterocycles. The molecule has 162 valence electrons. The van der Waals surface area contributed by atoms with Gasteiger partial charge in [0.05, 0.1) is 19.8 Å². The second-order valence-corrected chi connectivity index (χ2v) is 6.92. The summed E-state index contributed by atoms with van der Waals surface area (Å²) in [5, 5.41) is 0. The number of benzene rings is 3. The van der Waals surface area contributed by atoms with Crippen molar-refractivity contribution in [3.05, 3.63) is 88.9 Å². The van der Waals surface area contributed by atoms with Crippen molar-refractivity contribution in [2.45, 2.75) is 0 Å². The van der Waals surface area contributed by atoms with E-state index in [0.29, 0.717) is 39.7 Å². The van der Waals surface area contributed by atoms with Gasteiger partial charge in [-0.2, -0.15) is 0 Å². The molecule has 1 heterocycles. The number of ether oxygens (including phenoxy) is 4. The number of rotatable bonds is 7.